The van der Waals surface area contributed by atoms with Crippen LogP contribution in [-0.2, 0) is 16.2 Å². The van der Waals surface area contributed by atoms with Crippen LogP contribution in [0, 0.1) is 29.1 Å². The molecule has 6 aromatic carbocycles. The molecule has 0 radical (unpaired) electrons. The summed E-state index contributed by atoms with van der Waals surface area (Å²) in [5.41, 5.74) is 15.4. The second-order valence-corrected chi connectivity index (χ2v) is 19.7. The second kappa shape index (κ2) is 11.3. The van der Waals surface area contributed by atoms with Crippen LogP contribution in [0.3, 0.4) is 0 Å². The van der Waals surface area contributed by atoms with Gasteiger partial charge in [0.05, 0.1) is 0 Å². The van der Waals surface area contributed by atoms with E-state index in [-0.39, 0.29) is 16.2 Å². The van der Waals surface area contributed by atoms with Gasteiger partial charge in [0, 0.05) is 39.7 Å². The van der Waals surface area contributed by atoms with Crippen molar-refractivity contribution >= 4 is 17.1 Å². The highest BCUT2D eigenvalue weighted by molar-refractivity contribution is 5.81. The van der Waals surface area contributed by atoms with E-state index in [1.807, 2.05) is 0 Å². The van der Waals surface area contributed by atoms with E-state index in [1.54, 1.807) is 0 Å². The molecule has 0 N–H and O–H groups in total. The van der Waals surface area contributed by atoms with Gasteiger partial charge in [-0.05, 0) is 148 Å². The Morgan fingerprint density at radius 2 is 1.05 bits per heavy atom. The molecular weight excluding hydrogens is 679 g/mol. The average molecular weight is 730 g/mol. The predicted molar refractivity (Wildman–Crippen MR) is 229 cm³/mol. The number of hydrogen-bond donors (Lipinski definition) is 0. The van der Waals surface area contributed by atoms with Crippen LogP contribution < -0.4 is 9.64 Å². The van der Waals surface area contributed by atoms with Crippen molar-refractivity contribution in [1.29, 1.82) is 0 Å². The first kappa shape index (κ1) is 33.1. The van der Waals surface area contributed by atoms with Gasteiger partial charge in [0.25, 0.3) is 0 Å². The third-order valence-electron chi connectivity index (χ3n) is 16.3. The Balaban J connectivity index is 0.961. The first-order valence-electron chi connectivity index (χ1n) is 21.3. The quantitative estimate of drug-likeness (QED) is 0.175. The Morgan fingerprint density at radius 1 is 0.482 bits per heavy atom. The van der Waals surface area contributed by atoms with Gasteiger partial charge < -0.3 is 9.64 Å². The van der Waals surface area contributed by atoms with E-state index >= 15 is 0 Å². The van der Waals surface area contributed by atoms with E-state index in [1.165, 1.54) is 83.0 Å². The Labute approximate surface area is 332 Å². The molecule has 56 heavy (non-hydrogen) atoms. The van der Waals surface area contributed by atoms with Gasteiger partial charge in [0.15, 0.2) is 0 Å². The molecule has 1 heterocycles. The third kappa shape index (κ3) is 4.28. The van der Waals surface area contributed by atoms with Crippen molar-refractivity contribution in [2.24, 2.45) is 29.1 Å². The number of benzene rings is 6. The molecule has 278 valence electrons. The summed E-state index contributed by atoms with van der Waals surface area (Å²) in [6, 6.07) is 52.5. The molecule has 0 amide bonds. The lowest BCUT2D eigenvalue weighted by atomic mass is 9.26. The molecule has 2 nitrogen and oxygen atoms in total. The number of nitrogens with zero attached hydrogens (tertiary/aromatic N) is 1. The number of hydrogen-bond acceptors (Lipinski definition) is 2. The second-order valence-electron chi connectivity index (χ2n) is 19.7. The Bertz CT molecular complexity index is 2550. The van der Waals surface area contributed by atoms with Crippen LogP contribution in [0.4, 0.5) is 17.1 Å². The molecular formula is C54H51NO. The minimum absolute atomic E-state index is 0.0802. The molecule has 12 rings (SSSR count). The summed E-state index contributed by atoms with van der Waals surface area (Å²) < 4.78 is 6.97. The maximum Gasteiger partial charge on any atom is 0.133 e. The Morgan fingerprint density at radius 3 is 1.79 bits per heavy atom. The summed E-state index contributed by atoms with van der Waals surface area (Å²) in [7, 11) is 0. The maximum absolute atomic E-state index is 6.97. The highest BCUT2D eigenvalue weighted by Gasteiger charge is 2.84. The lowest BCUT2D eigenvalue weighted by Gasteiger charge is -2.77. The molecule has 0 saturated heterocycles. The molecule has 5 unspecified atom stereocenters. The van der Waals surface area contributed by atoms with E-state index < -0.39 is 0 Å². The van der Waals surface area contributed by atoms with Crippen LogP contribution in [0.1, 0.15) is 88.5 Å². The van der Waals surface area contributed by atoms with Crippen LogP contribution in [0.25, 0.3) is 22.3 Å². The predicted octanol–water partition coefficient (Wildman–Crippen LogP) is 14.3. The van der Waals surface area contributed by atoms with Gasteiger partial charge in [0.1, 0.15) is 11.5 Å². The minimum atomic E-state index is 0.0802. The van der Waals surface area contributed by atoms with Crippen molar-refractivity contribution < 1.29 is 4.74 Å². The Kier molecular flexibility index (Phi) is 6.67. The average Bonchev–Trinajstić information content (AvgIpc) is 3.76. The van der Waals surface area contributed by atoms with Gasteiger partial charge in [0.2, 0.25) is 0 Å². The van der Waals surface area contributed by atoms with Gasteiger partial charge in [-0.15, -0.1) is 0 Å². The minimum Gasteiger partial charge on any atom is -0.457 e. The largest absolute Gasteiger partial charge is 0.457 e. The van der Waals surface area contributed by atoms with E-state index in [9.17, 15) is 0 Å². The first-order valence-corrected chi connectivity index (χ1v) is 21.3. The monoisotopic (exact) mass is 729 g/mol. The third-order valence-corrected chi connectivity index (χ3v) is 16.3. The van der Waals surface area contributed by atoms with Gasteiger partial charge in [-0.1, -0.05) is 125 Å². The van der Waals surface area contributed by atoms with Gasteiger partial charge in [-0.2, -0.15) is 0 Å². The van der Waals surface area contributed by atoms with Crippen LogP contribution >= 0.6 is 0 Å². The number of fused-ring (bicyclic) bond motifs is 8. The van der Waals surface area contributed by atoms with Crippen molar-refractivity contribution in [3.63, 3.8) is 0 Å². The molecule has 6 atom stereocenters. The topological polar surface area (TPSA) is 12.5 Å². The highest BCUT2D eigenvalue weighted by atomic mass is 16.5. The van der Waals surface area contributed by atoms with Gasteiger partial charge in [-0.3, -0.25) is 0 Å². The maximum atomic E-state index is 6.97. The highest BCUT2D eigenvalue weighted by Crippen LogP contribution is 2.89. The van der Waals surface area contributed by atoms with Crippen molar-refractivity contribution in [3.05, 3.63) is 162 Å². The number of rotatable bonds is 5. The van der Waals surface area contributed by atoms with Gasteiger partial charge in [-0.25, -0.2) is 0 Å². The van der Waals surface area contributed by atoms with E-state index in [2.05, 4.69) is 172 Å². The zero-order valence-electron chi connectivity index (χ0n) is 33.2. The van der Waals surface area contributed by atoms with E-state index in [0.29, 0.717) is 5.41 Å². The fourth-order valence-corrected chi connectivity index (χ4v) is 13.7. The molecule has 2 heteroatoms. The molecule has 1 aliphatic heterocycles. The van der Waals surface area contributed by atoms with Crippen molar-refractivity contribution in [1.82, 2.24) is 0 Å². The number of ether oxygens (including phenoxy) is 1. The molecule has 2 spiro atoms. The van der Waals surface area contributed by atoms with E-state index in [4.69, 9.17) is 4.74 Å². The summed E-state index contributed by atoms with van der Waals surface area (Å²) in [5, 5.41) is 0. The van der Waals surface area contributed by atoms with Gasteiger partial charge >= 0.3 is 0 Å². The lowest BCUT2D eigenvalue weighted by Crippen LogP contribution is -2.74. The van der Waals surface area contributed by atoms with Crippen molar-refractivity contribution in [2.45, 2.75) is 82.5 Å². The zero-order valence-corrected chi connectivity index (χ0v) is 33.2. The van der Waals surface area contributed by atoms with E-state index in [0.717, 1.165) is 52.2 Å². The fourth-order valence-electron chi connectivity index (χ4n) is 13.7. The molecule has 4 saturated carbocycles. The van der Waals surface area contributed by atoms with Crippen LogP contribution in [0.15, 0.2) is 140 Å². The summed E-state index contributed by atoms with van der Waals surface area (Å²) in [6.45, 7) is 9.65. The summed E-state index contributed by atoms with van der Waals surface area (Å²) in [4.78, 5) is 2.42. The number of anilines is 3. The fraction of sp³-hybridized carbons (Fsp3) is 0.333. The molecule has 6 aliphatic rings. The molecule has 4 fully saturated rings. The van der Waals surface area contributed by atoms with Crippen molar-refractivity contribution in [3.8, 4) is 33.8 Å². The molecule has 5 aliphatic carbocycles. The van der Waals surface area contributed by atoms with Crippen molar-refractivity contribution in [2.75, 3.05) is 4.90 Å². The number of para-hydroxylation sites is 1. The lowest BCUT2D eigenvalue weighted by molar-refractivity contribution is -0.235. The smallest absolute Gasteiger partial charge is 0.133 e. The van der Waals surface area contributed by atoms with Crippen LogP contribution in [0.2, 0.25) is 0 Å². The molecule has 0 aromatic heterocycles. The zero-order chi connectivity index (χ0) is 37.6. The molecule has 6 aromatic rings. The summed E-state index contributed by atoms with van der Waals surface area (Å²) >= 11 is 0. The normalized spacial score (nSPS) is 28.9. The van der Waals surface area contributed by atoms with Crippen LogP contribution in [-0.4, -0.2) is 0 Å². The summed E-state index contributed by atoms with van der Waals surface area (Å²) in [5.74, 6) is 5.46. The standard InChI is InChI=1S/C54H51NO/c1-51(2)26-27-52(3,4)46-30-38(18-24-43(46)51)37-16-21-41(22-17-37)55(40-19-14-36(15-20-40)35-10-6-5-7-11-35)42-23-25-45-48(32-42)56-47-13-9-8-12-44(47)54(45)49-29-34-28-39-31-50(54)53(39,49)33-34/h5-25,30,32,34,39,49-50H,26-29,31,33H2,1-4H3/t34?,39-,49?,50?,53?,54?/m1/s1. The summed E-state index contributed by atoms with van der Waals surface area (Å²) in [6.07, 6.45) is 8.16. The first-order chi connectivity index (χ1) is 27.2. The molecule has 2 bridgehead atoms. The van der Waals surface area contributed by atoms with Crippen LogP contribution in [0.5, 0.6) is 11.5 Å². The Hall–Kier alpha value is -5.08. The SMILES string of the molecule is CC1(C)CCC(C)(C)c2cc(-c3ccc(N(c4ccc(-c5ccccc5)cc4)c4ccc5c(c4)Oc4ccccc4C54C5CC6C[C@@H]7CC4C57C6)cc3)ccc21.